The Morgan fingerprint density at radius 2 is 1.67 bits per heavy atom. The van der Waals surface area contributed by atoms with Gasteiger partial charge in [0.2, 0.25) is 0 Å². The molecule has 0 unspecified atom stereocenters. The average molecular weight is 248 g/mol. The minimum Gasteiger partial charge on any atom is -0.423 e. The second-order valence-corrected chi connectivity index (χ2v) is 3.81. The number of halogens is 2. The lowest BCUT2D eigenvalue weighted by Crippen LogP contribution is -2.10. The first-order chi connectivity index (χ1) is 8.56. The molecule has 0 radical (unpaired) electrons. The Balaban J connectivity index is 2.24. The minimum atomic E-state index is -0.789. The van der Waals surface area contributed by atoms with Crippen molar-refractivity contribution in [3.8, 4) is 5.75 Å². The van der Waals surface area contributed by atoms with Crippen molar-refractivity contribution in [3.05, 3.63) is 65.2 Å². The molecule has 0 N–H and O–H groups in total. The van der Waals surface area contributed by atoms with Crippen LogP contribution in [-0.4, -0.2) is 5.97 Å². The highest BCUT2D eigenvalue weighted by Gasteiger charge is 2.12. The van der Waals surface area contributed by atoms with Gasteiger partial charge in [0.15, 0.2) is 0 Å². The number of carbonyl (C=O) groups is 1. The second kappa shape index (κ2) is 4.96. The van der Waals surface area contributed by atoms with E-state index in [9.17, 15) is 13.6 Å². The van der Waals surface area contributed by atoms with Crippen LogP contribution in [-0.2, 0) is 0 Å². The van der Waals surface area contributed by atoms with Gasteiger partial charge in [-0.25, -0.2) is 13.6 Å². The molecule has 0 fully saturated rings. The third kappa shape index (κ3) is 2.71. The van der Waals surface area contributed by atoms with Gasteiger partial charge in [0.25, 0.3) is 0 Å². The molecular weight excluding hydrogens is 238 g/mol. The number of hydrogen-bond donors (Lipinski definition) is 0. The van der Waals surface area contributed by atoms with Crippen LogP contribution < -0.4 is 4.74 Å². The zero-order chi connectivity index (χ0) is 13.1. The average Bonchev–Trinajstić information content (AvgIpc) is 2.27. The van der Waals surface area contributed by atoms with Crippen molar-refractivity contribution in [1.82, 2.24) is 0 Å². The van der Waals surface area contributed by atoms with Crippen LogP contribution in [0.1, 0.15) is 15.9 Å². The molecule has 0 aliphatic heterocycles. The van der Waals surface area contributed by atoms with Crippen molar-refractivity contribution < 1.29 is 18.3 Å². The Morgan fingerprint density at radius 3 is 2.28 bits per heavy atom. The van der Waals surface area contributed by atoms with Crippen LogP contribution in [0.4, 0.5) is 8.78 Å². The first-order valence-corrected chi connectivity index (χ1v) is 5.30. The van der Waals surface area contributed by atoms with Gasteiger partial charge in [-0.2, -0.15) is 0 Å². The maximum absolute atomic E-state index is 12.9. The van der Waals surface area contributed by atoms with Crippen LogP contribution in [0.2, 0.25) is 0 Å². The fourth-order valence-electron chi connectivity index (χ4n) is 1.55. The van der Waals surface area contributed by atoms with Gasteiger partial charge >= 0.3 is 5.97 Å². The third-order valence-electron chi connectivity index (χ3n) is 2.41. The van der Waals surface area contributed by atoms with Crippen LogP contribution in [0.5, 0.6) is 5.75 Å². The quantitative estimate of drug-likeness (QED) is 0.600. The number of esters is 1. The number of carbonyl (C=O) groups excluding carboxylic acids is 1. The molecule has 0 heterocycles. The van der Waals surface area contributed by atoms with E-state index in [2.05, 4.69) is 0 Å². The summed E-state index contributed by atoms with van der Waals surface area (Å²) in [6, 6.07) is 9.45. The highest BCUT2D eigenvalue weighted by Crippen LogP contribution is 2.18. The van der Waals surface area contributed by atoms with Gasteiger partial charge in [0, 0.05) is 18.2 Å². The van der Waals surface area contributed by atoms with Crippen LogP contribution in [0.25, 0.3) is 0 Å². The monoisotopic (exact) mass is 248 g/mol. The summed E-state index contributed by atoms with van der Waals surface area (Å²) in [5.74, 6) is -2.37. The van der Waals surface area contributed by atoms with Gasteiger partial charge in [-0.05, 0) is 18.6 Å². The summed E-state index contributed by atoms with van der Waals surface area (Å²) in [7, 11) is 0. The summed E-state index contributed by atoms with van der Waals surface area (Å²) in [6.45, 7) is 1.75. The van der Waals surface area contributed by atoms with Gasteiger partial charge in [0.1, 0.15) is 17.4 Å². The molecule has 2 rings (SSSR count). The molecule has 2 aromatic carbocycles. The van der Waals surface area contributed by atoms with E-state index in [1.807, 2.05) is 0 Å². The second-order valence-electron chi connectivity index (χ2n) is 3.81. The summed E-state index contributed by atoms with van der Waals surface area (Å²) in [5.41, 5.74) is 1.10. The summed E-state index contributed by atoms with van der Waals surface area (Å²) in [6.07, 6.45) is 0. The SMILES string of the molecule is Cc1ccccc1C(=O)Oc1cc(F)cc(F)c1. The maximum atomic E-state index is 12.9. The first-order valence-electron chi connectivity index (χ1n) is 5.30. The van der Waals surface area contributed by atoms with Crippen molar-refractivity contribution >= 4 is 5.97 Å². The zero-order valence-electron chi connectivity index (χ0n) is 9.61. The zero-order valence-corrected chi connectivity index (χ0v) is 9.61. The van der Waals surface area contributed by atoms with Crippen molar-refractivity contribution in [1.29, 1.82) is 0 Å². The maximum Gasteiger partial charge on any atom is 0.343 e. The summed E-state index contributed by atoms with van der Waals surface area (Å²) in [4.78, 5) is 11.8. The largest absolute Gasteiger partial charge is 0.423 e. The number of rotatable bonds is 2. The molecule has 0 aliphatic rings. The molecule has 0 spiro atoms. The molecule has 0 bridgehead atoms. The lowest BCUT2D eigenvalue weighted by atomic mass is 10.1. The Labute approximate surface area is 103 Å². The van der Waals surface area contributed by atoms with Crippen LogP contribution >= 0.6 is 0 Å². The van der Waals surface area contributed by atoms with Crippen molar-refractivity contribution in [2.75, 3.05) is 0 Å². The van der Waals surface area contributed by atoms with Crippen LogP contribution in [0, 0.1) is 18.6 Å². The van der Waals surface area contributed by atoms with E-state index < -0.39 is 17.6 Å². The number of benzene rings is 2. The Kier molecular flexibility index (Phi) is 3.37. The number of ether oxygens (including phenoxy) is 1. The van der Waals surface area contributed by atoms with Crippen molar-refractivity contribution in [3.63, 3.8) is 0 Å². The standard InChI is InChI=1S/C14H10F2O2/c1-9-4-2-3-5-13(9)14(17)18-12-7-10(15)6-11(16)8-12/h2-8H,1H3. The Bertz CT molecular complexity index is 574. The Hall–Kier alpha value is -2.23. The topological polar surface area (TPSA) is 26.3 Å². The molecule has 4 heteroatoms. The lowest BCUT2D eigenvalue weighted by Gasteiger charge is -2.06. The van der Waals surface area contributed by atoms with E-state index in [4.69, 9.17) is 4.74 Å². The summed E-state index contributed by atoms with van der Waals surface area (Å²) < 4.78 is 30.8. The van der Waals surface area contributed by atoms with E-state index >= 15 is 0 Å². The molecule has 0 saturated heterocycles. The molecule has 2 nitrogen and oxygen atoms in total. The lowest BCUT2D eigenvalue weighted by molar-refractivity contribution is 0.0733. The molecule has 0 amide bonds. The van der Waals surface area contributed by atoms with Gasteiger partial charge < -0.3 is 4.74 Å². The first kappa shape index (κ1) is 12.2. The number of hydrogen-bond acceptors (Lipinski definition) is 2. The van der Waals surface area contributed by atoms with Crippen LogP contribution in [0.15, 0.2) is 42.5 Å². The fourth-order valence-corrected chi connectivity index (χ4v) is 1.55. The van der Waals surface area contributed by atoms with Gasteiger partial charge in [0.05, 0.1) is 5.56 Å². The highest BCUT2D eigenvalue weighted by atomic mass is 19.1. The van der Waals surface area contributed by atoms with E-state index in [0.717, 1.165) is 17.7 Å². The molecule has 0 atom stereocenters. The van der Waals surface area contributed by atoms with E-state index in [1.54, 1.807) is 31.2 Å². The third-order valence-corrected chi connectivity index (χ3v) is 2.41. The molecule has 0 aliphatic carbocycles. The molecule has 2 aromatic rings. The molecule has 0 aromatic heterocycles. The highest BCUT2D eigenvalue weighted by molar-refractivity contribution is 5.92. The molecule has 0 saturated carbocycles. The van der Waals surface area contributed by atoms with E-state index in [1.165, 1.54) is 0 Å². The van der Waals surface area contributed by atoms with Gasteiger partial charge in [-0.1, -0.05) is 18.2 Å². The van der Waals surface area contributed by atoms with E-state index in [0.29, 0.717) is 11.6 Å². The molecule has 92 valence electrons. The Morgan fingerprint density at radius 1 is 1.06 bits per heavy atom. The summed E-state index contributed by atoms with van der Waals surface area (Å²) >= 11 is 0. The van der Waals surface area contributed by atoms with Crippen molar-refractivity contribution in [2.45, 2.75) is 6.92 Å². The summed E-state index contributed by atoms with van der Waals surface area (Å²) in [5, 5.41) is 0. The fraction of sp³-hybridized carbons (Fsp3) is 0.0714. The van der Waals surface area contributed by atoms with Crippen molar-refractivity contribution in [2.24, 2.45) is 0 Å². The van der Waals surface area contributed by atoms with Gasteiger partial charge in [-0.15, -0.1) is 0 Å². The molecular formula is C14H10F2O2. The smallest absolute Gasteiger partial charge is 0.343 e. The normalized spacial score (nSPS) is 10.2. The predicted octanol–water partition coefficient (Wildman–Crippen LogP) is 3.49. The predicted molar refractivity (Wildman–Crippen MR) is 62.5 cm³/mol. The van der Waals surface area contributed by atoms with Crippen LogP contribution in [0.3, 0.4) is 0 Å². The number of aryl methyl sites for hydroxylation is 1. The minimum absolute atomic E-state index is 0.152. The molecule has 18 heavy (non-hydrogen) atoms. The van der Waals surface area contributed by atoms with E-state index in [-0.39, 0.29) is 5.75 Å². The van der Waals surface area contributed by atoms with Gasteiger partial charge in [-0.3, -0.25) is 0 Å².